The third-order valence-electron chi connectivity index (χ3n) is 2.70. The number of amides is 1. The van der Waals surface area contributed by atoms with Gasteiger partial charge in [0.05, 0.1) is 11.1 Å². The minimum Gasteiger partial charge on any atom is -0.325 e. The quantitative estimate of drug-likeness (QED) is 0.839. The van der Waals surface area contributed by atoms with Gasteiger partial charge in [0.15, 0.2) is 0 Å². The molecule has 15 heavy (non-hydrogen) atoms. The van der Waals surface area contributed by atoms with Gasteiger partial charge >= 0.3 is 0 Å². The summed E-state index contributed by atoms with van der Waals surface area (Å²) in [5.41, 5.74) is 0.676. The predicted molar refractivity (Wildman–Crippen MR) is 65.8 cm³/mol. The summed E-state index contributed by atoms with van der Waals surface area (Å²) in [6.07, 6.45) is 0.920. The molecule has 1 unspecified atom stereocenters. The molecule has 1 saturated heterocycles. The first-order chi connectivity index (χ1) is 6.71. The summed E-state index contributed by atoms with van der Waals surface area (Å²) < 4.78 is 0. The second-order valence-electron chi connectivity index (χ2n) is 3.95. The number of rotatable bonds is 2. The van der Waals surface area contributed by atoms with Crippen molar-refractivity contribution in [2.45, 2.75) is 13.3 Å². The minimum atomic E-state index is -0.234. The molecule has 1 aliphatic heterocycles. The van der Waals surface area contributed by atoms with E-state index < -0.39 is 0 Å². The van der Waals surface area contributed by atoms with Gasteiger partial charge < -0.3 is 10.6 Å². The molecular weight excluding hydrogens is 232 g/mol. The maximum absolute atomic E-state index is 11.9. The van der Waals surface area contributed by atoms with E-state index in [-0.39, 0.29) is 23.7 Å². The maximum atomic E-state index is 11.9. The Hall–Kier alpha value is -0.580. The number of carbonyl (C=O) groups excluding carboxylic acids is 1. The molecule has 0 saturated carbocycles. The highest BCUT2D eigenvalue weighted by molar-refractivity contribution is 7.08. The lowest BCUT2D eigenvalue weighted by Crippen LogP contribution is -2.35. The van der Waals surface area contributed by atoms with E-state index in [1.165, 1.54) is 0 Å². The number of hydrogen-bond donors (Lipinski definition) is 2. The summed E-state index contributed by atoms with van der Waals surface area (Å²) in [7, 11) is 0. The molecule has 3 nitrogen and oxygen atoms in total. The van der Waals surface area contributed by atoms with Crippen molar-refractivity contribution in [2.24, 2.45) is 5.41 Å². The fourth-order valence-corrected chi connectivity index (χ4v) is 2.22. The fraction of sp³-hybridized carbons (Fsp3) is 0.500. The van der Waals surface area contributed by atoms with Gasteiger partial charge in [0.25, 0.3) is 0 Å². The van der Waals surface area contributed by atoms with Crippen LogP contribution in [0.5, 0.6) is 0 Å². The average molecular weight is 247 g/mol. The van der Waals surface area contributed by atoms with Crippen LogP contribution >= 0.6 is 23.7 Å². The largest absolute Gasteiger partial charge is 0.325 e. The van der Waals surface area contributed by atoms with Gasteiger partial charge in [0.1, 0.15) is 0 Å². The van der Waals surface area contributed by atoms with Crippen LogP contribution in [-0.4, -0.2) is 19.0 Å². The van der Waals surface area contributed by atoms with Crippen molar-refractivity contribution in [3.8, 4) is 0 Å². The third kappa shape index (κ3) is 2.71. The Kier molecular flexibility index (Phi) is 4.13. The van der Waals surface area contributed by atoms with Crippen molar-refractivity contribution in [1.82, 2.24) is 5.32 Å². The molecule has 0 aliphatic carbocycles. The van der Waals surface area contributed by atoms with E-state index in [2.05, 4.69) is 10.6 Å². The Morgan fingerprint density at radius 1 is 1.67 bits per heavy atom. The van der Waals surface area contributed by atoms with E-state index in [9.17, 15) is 4.79 Å². The fourth-order valence-electron chi connectivity index (χ4n) is 1.63. The monoisotopic (exact) mass is 246 g/mol. The Morgan fingerprint density at radius 2 is 2.47 bits per heavy atom. The Balaban J connectivity index is 0.00000112. The van der Waals surface area contributed by atoms with Crippen molar-refractivity contribution >= 4 is 35.3 Å². The van der Waals surface area contributed by atoms with Gasteiger partial charge in [-0.05, 0) is 31.3 Å². The minimum absolute atomic E-state index is 0. The van der Waals surface area contributed by atoms with Crippen LogP contribution in [0, 0.1) is 5.41 Å². The zero-order valence-electron chi connectivity index (χ0n) is 8.58. The Bertz CT molecular complexity index is 320. The van der Waals surface area contributed by atoms with E-state index in [1.807, 2.05) is 23.8 Å². The van der Waals surface area contributed by atoms with E-state index in [4.69, 9.17) is 0 Å². The van der Waals surface area contributed by atoms with Gasteiger partial charge in [-0.3, -0.25) is 4.79 Å². The van der Waals surface area contributed by atoms with Crippen molar-refractivity contribution in [2.75, 3.05) is 18.4 Å². The highest BCUT2D eigenvalue weighted by atomic mass is 35.5. The molecule has 5 heteroatoms. The normalized spacial score (nSPS) is 24.6. The van der Waals surface area contributed by atoms with Gasteiger partial charge in [-0.1, -0.05) is 0 Å². The van der Waals surface area contributed by atoms with Gasteiger partial charge in [-0.2, -0.15) is 11.3 Å². The molecule has 0 aromatic carbocycles. The molecule has 2 heterocycles. The lowest BCUT2D eigenvalue weighted by molar-refractivity contribution is -0.123. The van der Waals surface area contributed by atoms with E-state index in [0.717, 1.165) is 25.2 Å². The van der Waals surface area contributed by atoms with Crippen LogP contribution in [0.2, 0.25) is 0 Å². The summed E-state index contributed by atoms with van der Waals surface area (Å²) in [5, 5.41) is 10.1. The van der Waals surface area contributed by atoms with Crippen LogP contribution in [0.25, 0.3) is 0 Å². The Morgan fingerprint density at radius 3 is 3.00 bits per heavy atom. The van der Waals surface area contributed by atoms with Gasteiger partial charge in [-0.25, -0.2) is 0 Å². The third-order valence-corrected chi connectivity index (χ3v) is 3.38. The molecule has 1 aromatic rings. The average Bonchev–Trinajstić information content (AvgIpc) is 2.76. The van der Waals surface area contributed by atoms with Gasteiger partial charge in [0, 0.05) is 11.9 Å². The second-order valence-corrected chi connectivity index (χ2v) is 4.73. The number of halogens is 1. The molecule has 0 bridgehead atoms. The highest BCUT2D eigenvalue weighted by Crippen LogP contribution is 2.26. The molecule has 1 amide bonds. The SMILES string of the molecule is CC1(C(=O)Nc2ccsc2)CCNC1.Cl. The summed E-state index contributed by atoms with van der Waals surface area (Å²) in [4.78, 5) is 11.9. The first kappa shape index (κ1) is 12.5. The topological polar surface area (TPSA) is 41.1 Å². The number of carbonyl (C=O) groups is 1. The zero-order chi connectivity index (χ0) is 10.0. The van der Waals surface area contributed by atoms with Crippen molar-refractivity contribution < 1.29 is 4.79 Å². The molecule has 1 atom stereocenters. The van der Waals surface area contributed by atoms with Crippen LogP contribution in [-0.2, 0) is 4.79 Å². The molecule has 2 N–H and O–H groups in total. The lowest BCUT2D eigenvalue weighted by Gasteiger charge is -2.20. The molecule has 0 radical (unpaired) electrons. The van der Waals surface area contributed by atoms with E-state index in [0.29, 0.717) is 0 Å². The first-order valence-electron chi connectivity index (χ1n) is 4.75. The van der Waals surface area contributed by atoms with Crippen LogP contribution < -0.4 is 10.6 Å². The predicted octanol–water partition coefficient (Wildman–Crippen LogP) is 2.11. The molecule has 84 valence electrons. The van der Waals surface area contributed by atoms with Crippen LogP contribution in [0.4, 0.5) is 5.69 Å². The number of thiophene rings is 1. The summed E-state index contributed by atoms with van der Waals surface area (Å²) >= 11 is 1.59. The zero-order valence-corrected chi connectivity index (χ0v) is 10.2. The van der Waals surface area contributed by atoms with E-state index >= 15 is 0 Å². The highest BCUT2D eigenvalue weighted by Gasteiger charge is 2.36. The Labute approximate surface area is 99.7 Å². The maximum Gasteiger partial charge on any atom is 0.231 e. The van der Waals surface area contributed by atoms with Crippen LogP contribution in [0.15, 0.2) is 16.8 Å². The molecule has 0 spiro atoms. The molecule has 1 aliphatic rings. The lowest BCUT2D eigenvalue weighted by atomic mass is 9.89. The van der Waals surface area contributed by atoms with Gasteiger partial charge in [0.2, 0.25) is 5.91 Å². The number of anilines is 1. The summed E-state index contributed by atoms with van der Waals surface area (Å²) in [6.45, 7) is 3.73. The van der Waals surface area contributed by atoms with Crippen LogP contribution in [0.3, 0.4) is 0 Å². The standard InChI is InChI=1S/C10H14N2OS.ClH/c1-10(3-4-11-7-10)9(13)12-8-2-5-14-6-8;/h2,5-6,11H,3-4,7H2,1H3,(H,12,13);1H. The first-order valence-corrected chi connectivity index (χ1v) is 5.69. The number of nitrogens with one attached hydrogen (secondary N) is 2. The molecule has 1 aromatic heterocycles. The summed E-state index contributed by atoms with van der Waals surface area (Å²) in [6, 6.07) is 1.92. The summed E-state index contributed by atoms with van der Waals surface area (Å²) in [5.74, 6) is 0.126. The molecule has 1 fully saturated rings. The van der Waals surface area contributed by atoms with Gasteiger partial charge in [-0.15, -0.1) is 12.4 Å². The smallest absolute Gasteiger partial charge is 0.231 e. The van der Waals surface area contributed by atoms with Crippen molar-refractivity contribution in [3.05, 3.63) is 16.8 Å². The molecular formula is C10H15ClN2OS. The van der Waals surface area contributed by atoms with Crippen LogP contribution in [0.1, 0.15) is 13.3 Å². The van der Waals surface area contributed by atoms with Crippen molar-refractivity contribution in [3.63, 3.8) is 0 Å². The second kappa shape index (κ2) is 4.96. The van der Waals surface area contributed by atoms with Crippen molar-refractivity contribution in [1.29, 1.82) is 0 Å². The number of hydrogen-bond acceptors (Lipinski definition) is 3. The van der Waals surface area contributed by atoms with E-state index in [1.54, 1.807) is 11.3 Å². The molecule has 2 rings (SSSR count).